The number of hydrogen-bond acceptors (Lipinski definition) is 3. The molecule has 0 aliphatic carbocycles. The molecule has 0 saturated heterocycles. The summed E-state index contributed by atoms with van der Waals surface area (Å²) in [5, 5.41) is 16.8. The summed E-state index contributed by atoms with van der Waals surface area (Å²) in [5.41, 5.74) is 1.21. The van der Waals surface area contributed by atoms with E-state index in [4.69, 9.17) is 10.2 Å². The molecule has 0 aliphatic heterocycles. The lowest BCUT2D eigenvalue weighted by atomic mass is 9.97. The highest BCUT2D eigenvalue weighted by atomic mass is 19.4. The summed E-state index contributed by atoms with van der Waals surface area (Å²) in [4.78, 5) is 10.0. The van der Waals surface area contributed by atoms with Crippen LogP contribution in [0.4, 0.5) is 13.2 Å². The summed E-state index contributed by atoms with van der Waals surface area (Å²) < 4.78 is 35.6. The van der Waals surface area contributed by atoms with Crippen LogP contribution in [0.15, 0.2) is 0 Å². The number of carbonyl (C=O) groups is 1. The van der Waals surface area contributed by atoms with Crippen LogP contribution in [0.1, 0.15) is 6.92 Å². The van der Waals surface area contributed by atoms with E-state index in [-0.39, 0.29) is 0 Å². The molecule has 0 spiro atoms. The quantitative estimate of drug-likeness (QED) is 0.554. The molecule has 0 heterocycles. The van der Waals surface area contributed by atoms with Crippen molar-refractivity contribution in [2.75, 3.05) is 0 Å². The lowest BCUT2D eigenvalue weighted by Gasteiger charge is -2.29. The molecule has 0 aromatic rings. The molecule has 0 rings (SSSR count). The van der Waals surface area contributed by atoms with Crippen molar-refractivity contribution in [3.05, 3.63) is 0 Å². The molecule has 7 heteroatoms. The number of alkyl halides is 3. The van der Waals surface area contributed by atoms with E-state index in [1.165, 1.54) is 0 Å². The Morgan fingerprint density at radius 1 is 1.50 bits per heavy atom. The molecule has 0 fully saturated rings. The van der Waals surface area contributed by atoms with Gasteiger partial charge in [-0.25, -0.2) is 0 Å². The maximum atomic E-state index is 11.9. The van der Waals surface area contributed by atoms with E-state index in [9.17, 15) is 18.0 Å². The van der Waals surface area contributed by atoms with Gasteiger partial charge in [-0.05, 0) is 6.92 Å². The Bertz CT molecular complexity index is 189. The van der Waals surface area contributed by atoms with Crippen molar-refractivity contribution in [1.29, 1.82) is 0 Å². The smallest absolute Gasteiger partial charge is 0.419 e. The third-order valence-electron chi connectivity index (χ3n) is 1.45. The number of aliphatic carboxylic acids is 1. The van der Waals surface area contributed by atoms with Crippen LogP contribution < -0.4 is 5.73 Å². The van der Waals surface area contributed by atoms with Crippen LogP contribution in [0.3, 0.4) is 0 Å². The minimum atomic E-state index is -5.05. The van der Waals surface area contributed by atoms with E-state index >= 15 is 0 Å². The highest BCUT2D eigenvalue weighted by Gasteiger charge is 2.56. The summed E-state index contributed by atoms with van der Waals surface area (Å²) in [6.45, 7) is 0.311. The monoisotopic (exact) mass is 187 g/mol. The number of halogens is 3. The fourth-order valence-corrected chi connectivity index (χ4v) is 0.417. The average molecular weight is 187 g/mol. The molecule has 4 nitrogen and oxygen atoms in total. The lowest BCUT2D eigenvalue weighted by molar-refractivity contribution is -0.260. The summed E-state index contributed by atoms with van der Waals surface area (Å²) in [7, 11) is 0. The molecule has 0 aromatic heterocycles. The van der Waals surface area contributed by atoms with Gasteiger partial charge in [0.2, 0.25) is 0 Å². The Hall–Kier alpha value is -0.820. The number of carboxylic acids is 1. The van der Waals surface area contributed by atoms with Gasteiger partial charge in [0.15, 0.2) is 5.60 Å². The highest BCUT2D eigenvalue weighted by Crippen LogP contribution is 2.31. The lowest BCUT2D eigenvalue weighted by Crippen LogP contribution is -2.59. The van der Waals surface area contributed by atoms with Crippen LogP contribution in [-0.4, -0.2) is 34.0 Å². The Morgan fingerprint density at radius 3 is 1.92 bits per heavy atom. The number of hydrogen-bond donors (Lipinski definition) is 3. The van der Waals surface area contributed by atoms with Crippen molar-refractivity contribution in [3.8, 4) is 0 Å². The molecule has 12 heavy (non-hydrogen) atoms. The zero-order chi connectivity index (χ0) is 10.2. The zero-order valence-corrected chi connectivity index (χ0v) is 6.09. The largest absolute Gasteiger partial charge is 0.480 e. The number of carboxylic acid groups (broad SMARTS) is 1. The van der Waals surface area contributed by atoms with Crippen LogP contribution in [0.25, 0.3) is 0 Å². The Labute approximate surface area is 65.8 Å². The standard InChI is InChI=1S/C5H8F3NO3/c1-4(12,5(6,7)8)2(9)3(10)11/h2,12H,9H2,1H3,(H,10,11)/t2-,4-/m0/s1. The first-order chi connectivity index (χ1) is 5.10. The third-order valence-corrected chi connectivity index (χ3v) is 1.45. The molecule has 4 N–H and O–H groups in total. The molecular weight excluding hydrogens is 179 g/mol. The molecule has 0 bridgehead atoms. The maximum absolute atomic E-state index is 11.9. The second-order valence-electron chi connectivity index (χ2n) is 2.46. The summed E-state index contributed by atoms with van der Waals surface area (Å²) in [6, 6.07) is -2.38. The van der Waals surface area contributed by atoms with Crippen LogP contribution >= 0.6 is 0 Å². The minimum Gasteiger partial charge on any atom is -0.480 e. The second kappa shape index (κ2) is 2.91. The molecule has 2 atom stereocenters. The van der Waals surface area contributed by atoms with Crippen molar-refractivity contribution in [2.45, 2.75) is 24.7 Å². The number of aliphatic hydroxyl groups is 1. The van der Waals surface area contributed by atoms with Gasteiger partial charge < -0.3 is 15.9 Å². The van der Waals surface area contributed by atoms with E-state index in [1.807, 2.05) is 0 Å². The molecule has 0 aliphatic rings. The van der Waals surface area contributed by atoms with Gasteiger partial charge in [0.05, 0.1) is 0 Å². The molecule has 0 aromatic carbocycles. The van der Waals surface area contributed by atoms with Crippen molar-refractivity contribution < 1.29 is 28.2 Å². The molecule has 0 amide bonds. The van der Waals surface area contributed by atoms with E-state index in [2.05, 4.69) is 5.73 Å². The predicted molar refractivity (Wildman–Crippen MR) is 32.3 cm³/mol. The Morgan fingerprint density at radius 2 is 1.83 bits per heavy atom. The molecule has 0 radical (unpaired) electrons. The molecular formula is C5H8F3NO3. The fourth-order valence-electron chi connectivity index (χ4n) is 0.417. The SMILES string of the molecule is C[C@](O)([C@@H](N)C(=O)O)C(F)(F)F. The third kappa shape index (κ3) is 1.86. The molecule has 0 saturated carbocycles. The highest BCUT2D eigenvalue weighted by molar-refractivity contribution is 5.74. The number of rotatable bonds is 2. The summed E-state index contributed by atoms with van der Waals surface area (Å²) >= 11 is 0. The topological polar surface area (TPSA) is 83.5 Å². The van der Waals surface area contributed by atoms with E-state index in [0.717, 1.165) is 0 Å². The van der Waals surface area contributed by atoms with Crippen molar-refractivity contribution >= 4 is 5.97 Å². The zero-order valence-electron chi connectivity index (χ0n) is 6.09. The second-order valence-corrected chi connectivity index (χ2v) is 2.46. The fraction of sp³-hybridized carbons (Fsp3) is 0.800. The molecule has 72 valence electrons. The minimum absolute atomic E-state index is 0.311. The van der Waals surface area contributed by atoms with Gasteiger partial charge in [0.25, 0.3) is 0 Å². The van der Waals surface area contributed by atoms with Gasteiger partial charge >= 0.3 is 12.1 Å². The Kier molecular flexibility index (Phi) is 2.71. The summed E-state index contributed by atoms with van der Waals surface area (Å²) in [6.07, 6.45) is -5.05. The van der Waals surface area contributed by atoms with E-state index < -0.39 is 23.8 Å². The van der Waals surface area contributed by atoms with Gasteiger partial charge in [0, 0.05) is 0 Å². The first-order valence-corrected chi connectivity index (χ1v) is 2.88. The van der Waals surface area contributed by atoms with Crippen molar-refractivity contribution in [2.24, 2.45) is 5.73 Å². The van der Waals surface area contributed by atoms with Gasteiger partial charge in [-0.1, -0.05) is 0 Å². The van der Waals surface area contributed by atoms with Gasteiger partial charge in [-0.2, -0.15) is 13.2 Å². The van der Waals surface area contributed by atoms with Gasteiger partial charge in [0.1, 0.15) is 6.04 Å². The van der Waals surface area contributed by atoms with Crippen molar-refractivity contribution in [3.63, 3.8) is 0 Å². The van der Waals surface area contributed by atoms with Crippen LogP contribution in [0.2, 0.25) is 0 Å². The van der Waals surface area contributed by atoms with Gasteiger partial charge in [-0.3, -0.25) is 4.79 Å². The van der Waals surface area contributed by atoms with Crippen LogP contribution in [-0.2, 0) is 4.79 Å². The molecule has 0 unspecified atom stereocenters. The Balaban J connectivity index is 4.73. The average Bonchev–Trinajstić information content (AvgIpc) is 1.83. The first-order valence-electron chi connectivity index (χ1n) is 2.88. The predicted octanol–water partition coefficient (Wildman–Crippen LogP) is -0.288. The number of nitrogens with two attached hydrogens (primary N) is 1. The maximum Gasteiger partial charge on any atom is 0.419 e. The first kappa shape index (κ1) is 11.2. The van der Waals surface area contributed by atoms with Crippen LogP contribution in [0.5, 0.6) is 0 Å². The van der Waals surface area contributed by atoms with Crippen LogP contribution in [0, 0.1) is 0 Å². The summed E-state index contributed by atoms with van der Waals surface area (Å²) in [5.74, 6) is -1.91. The van der Waals surface area contributed by atoms with Crippen molar-refractivity contribution in [1.82, 2.24) is 0 Å². The van der Waals surface area contributed by atoms with E-state index in [0.29, 0.717) is 6.92 Å². The van der Waals surface area contributed by atoms with Gasteiger partial charge in [-0.15, -0.1) is 0 Å². The normalized spacial score (nSPS) is 19.8. The van der Waals surface area contributed by atoms with E-state index in [1.54, 1.807) is 0 Å².